The summed E-state index contributed by atoms with van der Waals surface area (Å²) < 4.78 is 4.80. The van der Waals surface area contributed by atoms with Crippen LogP contribution in [0.25, 0.3) is 135 Å². The number of aromatic nitrogens is 2. The number of benzene rings is 12. The first-order chi connectivity index (χ1) is 43.1. The lowest BCUT2D eigenvalue weighted by molar-refractivity contribution is 0.660. The number of rotatable bonds is 8. The van der Waals surface area contributed by atoms with Gasteiger partial charge in [-0.2, -0.15) is 0 Å². The molecule has 0 aliphatic heterocycles. The predicted molar refractivity (Wildman–Crippen MR) is 379 cm³/mol. The van der Waals surface area contributed by atoms with Crippen molar-refractivity contribution in [2.24, 2.45) is 0 Å². The zero-order valence-corrected chi connectivity index (χ0v) is 51.8. The summed E-state index contributed by atoms with van der Waals surface area (Å²) in [7, 11) is 0. The van der Waals surface area contributed by atoms with Gasteiger partial charge in [0.15, 0.2) is 0 Å². The lowest BCUT2D eigenvalue weighted by Gasteiger charge is -2.22. The molecule has 2 aromatic heterocycles. The molecule has 14 aromatic rings. The van der Waals surface area contributed by atoms with E-state index >= 15 is 0 Å². The van der Waals surface area contributed by atoms with Gasteiger partial charge in [0.2, 0.25) is 0 Å². The van der Waals surface area contributed by atoms with E-state index in [1.54, 1.807) is 0 Å². The first kappa shape index (κ1) is 53.0. The van der Waals surface area contributed by atoms with Gasteiger partial charge in [0.1, 0.15) is 0 Å². The summed E-state index contributed by atoms with van der Waals surface area (Å²) in [6, 6.07) is 91.9. The summed E-state index contributed by atoms with van der Waals surface area (Å²) in [5.74, 6) is 0. The Bertz CT molecular complexity index is 5060. The third-order valence-corrected chi connectivity index (χ3v) is 20.7. The first-order valence-electron chi connectivity index (χ1n) is 31.6. The van der Waals surface area contributed by atoms with Crippen LogP contribution in [0.2, 0.25) is 0 Å². The highest BCUT2D eigenvalue weighted by molar-refractivity contribution is 6.12. The average molecular weight is 1140 g/mol. The van der Waals surface area contributed by atoms with Crippen LogP contribution < -0.4 is 0 Å². The Balaban J connectivity index is 0.601. The van der Waals surface area contributed by atoms with E-state index in [9.17, 15) is 0 Å². The quantitative estimate of drug-likeness (QED) is 0.134. The monoisotopic (exact) mass is 1140 g/mol. The molecule has 0 N–H and O–H groups in total. The standard InChI is InChI=1S/C87H68N2/c1-53-17-33-63(34-18-53)88-81-15-11-9-13-71(81)73-49-59(31-43-83(73)88)61-29-41-69-67-39-27-57(47-77(67)86(5,6)79(69)51-61)23-21-55-25-37-65-66-38-26-56(46-76(66)85(3,4)75(65)45-55)22-24-58-28-40-68-70-42-30-62(52-80(70)87(7,8)78(68)48-58)60-32-44-84-74(50-60)72-14-10-12-16-82(72)89(84)64-35-19-54(2)20-36-64/h9-52H,1-8H3. The molecule has 0 amide bonds. The molecular weight excluding hydrogens is 1070 g/mol. The van der Waals surface area contributed by atoms with E-state index in [-0.39, 0.29) is 16.2 Å². The van der Waals surface area contributed by atoms with Crippen molar-refractivity contribution in [1.82, 2.24) is 9.13 Å². The van der Waals surface area contributed by atoms with E-state index in [1.165, 1.54) is 177 Å². The van der Waals surface area contributed by atoms with Crippen molar-refractivity contribution in [3.8, 4) is 67.0 Å². The minimum Gasteiger partial charge on any atom is -0.309 e. The molecular formula is C87H68N2. The van der Waals surface area contributed by atoms with E-state index in [0.29, 0.717) is 0 Å². The lowest BCUT2D eigenvalue weighted by Crippen LogP contribution is -2.15. The van der Waals surface area contributed by atoms with Crippen molar-refractivity contribution in [2.45, 2.75) is 71.6 Å². The van der Waals surface area contributed by atoms with Crippen LogP contribution in [0.5, 0.6) is 0 Å². The number of para-hydroxylation sites is 2. The Morgan fingerprint density at radius 2 is 0.517 bits per heavy atom. The molecule has 2 nitrogen and oxygen atoms in total. The van der Waals surface area contributed by atoms with Gasteiger partial charge >= 0.3 is 0 Å². The van der Waals surface area contributed by atoms with Crippen molar-refractivity contribution in [2.75, 3.05) is 0 Å². The smallest absolute Gasteiger partial charge is 0.0541 e. The summed E-state index contributed by atoms with van der Waals surface area (Å²) in [4.78, 5) is 0. The fourth-order valence-electron chi connectivity index (χ4n) is 15.7. The molecule has 2 heteroatoms. The predicted octanol–water partition coefficient (Wildman–Crippen LogP) is 23.1. The van der Waals surface area contributed by atoms with E-state index in [2.05, 4.69) is 331 Å². The molecule has 0 radical (unpaired) electrons. The van der Waals surface area contributed by atoms with Crippen LogP contribution in [-0.4, -0.2) is 9.13 Å². The van der Waals surface area contributed by atoms with Gasteiger partial charge in [-0.15, -0.1) is 0 Å². The normalized spacial score (nSPS) is 14.7. The first-order valence-corrected chi connectivity index (χ1v) is 31.6. The van der Waals surface area contributed by atoms with Gasteiger partial charge in [0.25, 0.3) is 0 Å². The maximum atomic E-state index is 2.45. The topological polar surface area (TPSA) is 9.86 Å². The molecule has 3 aliphatic rings. The lowest BCUT2D eigenvalue weighted by atomic mass is 9.81. The van der Waals surface area contributed by atoms with Crippen LogP contribution in [0.1, 0.15) is 108 Å². The van der Waals surface area contributed by atoms with Gasteiger partial charge in [-0.05, 0) is 198 Å². The molecule has 0 spiro atoms. The minimum atomic E-state index is -0.157. The molecule has 0 atom stereocenters. The Morgan fingerprint density at radius 1 is 0.247 bits per heavy atom. The van der Waals surface area contributed by atoms with Crippen molar-refractivity contribution in [3.63, 3.8) is 0 Å². The number of fused-ring (bicyclic) bond motifs is 15. The van der Waals surface area contributed by atoms with Gasteiger partial charge in [-0.1, -0.05) is 247 Å². The van der Waals surface area contributed by atoms with Crippen LogP contribution in [0, 0.1) is 13.8 Å². The van der Waals surface area contributed by atoms with Gasteiger partial charge in [-0.25, -0.2) is 0 Å². The molecule has 0 saturated heterocycles. The van der Waals surface area contributed by atoms with E-state index in [1.807, 2.05) is 0 Å². The highest BCUT2D eigenvalue weighted by Crippen LogP contribution is 2.53. The summed E-state index contributed by atoms with van der Waals surface area (Å²) >= 11 is 0. The molecule has 0 unspecified atom stereocenters. The fraction of sp³-hybridized carbons (Fsp3) is 0.126. The van der Waals surface area contributed by atoms with Gasteiger partial charge in [-0.3, -0.25) is 0 Å². The summed E-state index contributed by atoms with van der Waals surface area (Å²) in [5.41, 5.74) is 35.5. The number of aryl methyl sites for hydroxylation is 2. The van der Waals surface area contributed by atoms with Gasteiger partial charge < -0.3 is 9.13 Å². The molecule has 2 heterocycles. The summed E-state index contributed by atoms with van der Waals surface area (Å²) in [6.45, 7) is 18.7. The van der Waals surface area contributed by atoms with E-state index in [0.717, 1.165) is 0 Å². The summed E-state index contributed by atoms with van der Waals surface area (Å²) in [6.07, 6.45) is 9.21. The van der Waals surface area contributed by atoms with Crippen molar-refractivity contribution < 1.29 is 0 Å². The molecule has 17 rings (SSSR count). The maximum absolute atomic E-state index is 2.45. The number of hydrogen-bond donors (Lipinski definition) is 0. The van der Waals surface area contributed by atoms with Gasteiger partial charge in [0.05, 0.1) is 22.1 Å². The highest BCUT2D eigenvalue weighted by Gasteiger charge is 2.38. The SMILES string of the molecule is Cc1ccc(-n2c3ccccc3c3cc(-c4ccc5c(c4)C(C)(C)c4cc(C=Cc6ccc7c(c6)C(C)(C)c6cc(C=Cc8ccc9c(c8)C(C)(C)c8cc(-c%10ccc%11c(c%10)c%10ccccc%10n%11-c%10ccc(C)cc%10)ccc8-9)ccc6-7)ccc4-5)ccc32)cc1. The fourth-order valence-corrected chi connectivity index (χ4v) is 15.7. The maximum Gasteiger partial charge on any atom is 0.0541 e. The molecule has 0 fully saturated rings. The highest BCUT2D eigenvalue weighted by atomic mass is 15.0. The van der Waals surface area contributed by atoms with Crippen molar-refractivity contribution >= 4 is 67.9 Å². The number of hydrogen-bond acceptors (Lipinski definition) is 0. The Hall–Kier alpha value is -10.3. The Morgan fingerprint density at radius 3 is 0.854 bits per heavy atom. The molecule has 0 bridgehead atoms. The van der Waals surface area contributed by atoms with E-state index < -0.39 is 0 Å². The molecule has 3 aliphatic carbocycles. The zero-order valence-electron chi connectivity index (χ0n) is 51.8. The second-order valence-corrected chi connectivity index (χ2v) is 27.1. The molecule has 426 valence electrons. The third-order valence-electron chi connectivity index (χ3n) is 20.7. The van der Waals surface area contributed by atoms with Crippen molar-refractivity contribution in [1.29, 1.82) is 0 Å². The van der Waals surface area contributed by atoms with Crippen LogP contribution in [0.4, 0.5) is 0 Å². The van der Waals surface area contributed by atoms with Crippen LogP contribution in [0.15, 0.2) is 243 Å². The number of nitrogens with zero attached hydrogens (tertiary/aromatic N) is 2. The van der Waals surface area contributed by atoms with Crippen LogP contribution in [-0.2, 0) is 16.2 Å². The second-order valence-electron chi connectivity index (χ2n) is 27.1. The minimum absolute atomic E-state index is 0.152. The Kier molecular flexibility index (Phi) is 11.5. The van der Waals surface area contributed by atoms with Gasteiger partial charge in [0, 0.05) is 49.2 Å². The molecule has 12 aromatic carbocycles. The second kappa shape index (κ2) is 19.4. The Labute approximate surface area is 522 Å². The largest absolute Gasteiger partial charge is 0.309 e. The van der Waals surface area contributed by atoms with Crippen LogP contribution >= 0.6 is 0 Å². The summed E-state index contributed by atoms with van der Waals surface area (Å²) in [5, 5.41) is 5.09. The van der Waals surface area contributed by atoms with Crippen molar-refractivity contribution in [3.05, 3.63) is 309 Å². The molecule has 89 heavy (non-hydrogen) atoms. The van der Waals surface area contributed by atoms with Crippen LogP contribution in [0.3, 0.4) is 0 Å². The third kappa shape index (κ3) is 8.16. The van der Waals surface area contributed by atoms with E-state index in [4.69, 9.17) is 0 Å². The zero-order chi connectivity index (χ0) is 60.2. The molecule has 0 saturated carbocycles. The average Bonchev–Trinajstić information content (AvgIpc) is 1.77.